The highest BCUT2D eigenvalue weighted by Crippen LogP contribution is 2.31. The highest BCUT2D eigenvalue weighted by molar-refractivity contribution is 5.96. The molecule has 0 radical (unpaired) electrons. The van der Waals surface area contributed by atoms with Crippen molar-refractivity contribution in [3.05, 3.63) is 42.4 Å². The smallest absolute Gasteiger partial charge is 0.0570 e. The summed E-state index contributed by atoms with van der Waals surface area (Å²) in [7, 11) is 2.05. The van der Waals surface area contributed by atoms with Crippen LogP contribution in [0.4, 0.5) is 0 Å². The Kier molecular flexibility index (Phi) is 2.23. The van der Waals surface area contributed by atoms with Gasteiger partial charge in [0.05, 0.1) is 11.9 Å². The van der Waals surface area contributed by atoms with Crippen molar-refractivity contribution in [2.75, 3.05) is 0 Å². The van der Waals surface area contributed by atoms with Gasteiger partial charge in [-0.05, 0) is 6.07 Å². The molecule has 0 aliphatic carbocycles. The Morgan fingerprint density at radius 3 is 2.94 bits per heavy atom. The summed E-state index contributed by atoms with van der Waals surface area (Å²) in [6, 6.07) is 8.33. The molecule has 2 heterocycles. The number of nitrogens with two attached hydrogens (primary N) is 1. The lowest BCUT2D eigenvalue weighted by Crippen LogP contribution is -1.98. The molecule has 3 N–H and O–H groups in total. The van der Waals surface area contributed by atoms with Crippen LogP contribution in [0.5, 0.6) is 0 Å². The molecule has 3 rings (SSSR count). The third-order valence-electron chi connectivity index (χ3n) is 3.11. The molecule has 17 heavy (non-hydrogen) atoms. The van der Waals surface area contributed by atoms with Gasteiger partial charge in [-0.3, -0.25) is 5.10 Å². The minimum absolute atomic E-state index is 0.471. The van der Waals surface area contributed by atoms with Gasteiger partial charge in [0.1, 0.15) is 0 Å². The molecule has 0 bridgehead atoms. The SMILES string of the molecule is Cn1cc(-c2cn[nH]c2CN)c2ccccc21. The maximum absolute atomic E-state index is 5.71. The fourth-order valence-corrected chi connectivity index (χ4v) is 2.26. The van der Waals surface area contributed by atoms with Crippen LogP contribution in [0.3, 0.4) is 0 Å². The number of hydrogen-bond donors (Lipinski definition) is 2. The number of nitrogens with zero attached hydrogens (tertiary/aromatic N) is 2. The number of hydrogen-bond acceptors (Lipinski definition) is 2. The lowest BCUT2D eigenvalue weighted by molar-refractivity contribution is 0.947. The molecule has 86 valence electrons. The van der Waals surface area contributed by atoms with Gasteiger partial charge in [0.25, 0.3) is 0 Å². The lowest BCUT2D eigenvalue weighted by atomic mass is 10.1. The minimum atomic E-state index is 0.471. The Morgan fingerprint density at radius 1 is 1.29 bits per heavy atom. The van der Waals surface area contributed by atoms with Gasteiger partial charge in [-0.15, -0.1) is 0 Å². The van der Waals surface area contributed by atoms with Gasteiger partial charge in [-0.1, -0.05) is 18.2 Å². The molecule has 0 spiro atoms. The maximum atomic E-state index is 5.71. The molecule has 4 heteroatoms. The van der Waals surface area contributed by atoms with E-state index in [9.17, 15) is 0 Å². The summed E-state index contributed by atoms with van der Waals surface area (Å²) in [5.74, 6) is 0. The molecule has 3 aromatic rings. The second-order valence-electron chi connectivity index (χ2n) is 4.14. The zero-order chi connectivity index (χ0) is 11.8. The van der Waals surface area contributed by atoms with Crippen LogP contribution >= 0.6 is 0 Å². The first kappa shape index (κ1) is 10.1. The quantitative estimate of drug-likeness (QED) is 0.702. The molecule has 1 aromatic carbocycles. The number of H-pyrrole nitrogens is 1. The minimum Gasteiger partial charge on any atom is -0.350 e. The molecular weight excluding hydrogens is 212 g/mol. The molecule has 0 aliphatic heterocycles. The molecule has 0 saturated carbocycles. The Hall–Kier alpha value is -2.07. The van der Waals surface area contributed by atoms with Crippen molar-refractivity contribution in [3.8, 4) is 11.1 Å². The molecule has 2 aromatic heterocycles. The third-order valence-corrected chi connectivity index (χ3v) is 3.11. The summed E-state index contributed by atoms with van der Waals surface area (Å²) in [4.78, 5) is 0. The van der Waals surface area contributed by atoms with E-state index in [-0.39, 0.29) is 0 Å². The van der Waals surface area contributed by atoms with E-state index in [4.69, 9.17) is 5.73 Å². The number of aromatic amines is 1. The predicted octanol–water partition coefficient (Wildman–Crippen LogP) is 2.03. The lowest BCUT2D eigenvalue weighted by Gasteiger charge is -1.98. The highest BCUT2D eigenvalue weighted by Gasteiger charge is 2.12. The van der Waals surface area contributed by atoms with E-state index in [1.165, 1.54) is 16.5 Å². The van der Waals surface area contributed by atoms with E-state index < -0.39 is 0 Å². The van der Waals surface area contributed by atoms with Crippen molar-refractivity contribution >= 4 is 10.9 Å². The van der Waals surface area contributed by atoms with Crippen LogP contribution in [0.1, 0.15) is 5.69 Å². The van der Waals surface area contributed by atoms with Crippen molar-refractivity contribution in [3.63, 3.8) is 0 Å². The van der Waals surface area contributed by atoms with Crippen LogP contribution in [0, 0.1) is 0 Å². The van der Waals surface area contributed by atoms with Crippen LogP contribution in [-0.4, -0.2) is 14.8 Å². The fourth-order valence-electron chi connectivity index (χ4n) is 2.26. The van der Waals surface area contributed by atoms with Crippen LogP contribution in [-0.2, 0) is 13.6 Å². The molecule has 0 atom stereocenters. The monoisotopic (exact) mass is 226 g/mol. The predicted molar refractivity (Wildman–Crippen MR) is 68.4 cm³/mol. The average Bonchev–Trinajstić information content (AvgIpc) is 2.94. The number of nitrogens with one attached hydrogen (secondary N) is 1. The number of fused-ring (bicyclic) bond motifs is 1. The van der Waals surface area contributed by atoms with Crippen molar-refractivity contribution in [2.45, 2.75) is 6.54 Å². The topological polar surface area (TPSA) is 59.6 Å². The summed E-state index contributed by atoms with van der Waals surface area (Å²) >= 11 is 0. The summed E-state index contributed by atoms with van der Waals surface area (Å²) in [6.07, 6.45) is 3.96. The Balaban J connectivity index is 2.31. The summed E-state index contributed by atoms with van der Waals surface area (Å²) in [5.41, 5.74) is 10.2. The number of para-hydroxylation sites is 1. The zero-order valence-corrected chi connectivity index (χ0v) is 9.64. The molecular formula is C13H14N4. The first-order valence-electron chi connectivity index (χ1n) is 5.58. The molecule has 4 nitrogen and oxygen atoms in total. The van der Waals surface area contributed by atoms with Crippen LogP contribution in [0.25, 0.3) is 22.0 Å². The number of aryl methyl sites for hydroxylation is 1. The van der Waals surface area contributed by atoms with Gasteiger partial charge in [0, 0.05) is 41.8 Å². The Bertz CT molecular complexity index is 663. The summed E-state index contributed by atoms with van der Waals surface area (Å²) < 4.78 is 2.12. The molecule has 0 aliphatic rings. The standard InChI is InChI=1S/C13H14N4/c1-17-8-11(9-4-2-3-5-13(9)17)10-7-15-16-12(10)6-14/h2-5,7-8H,6,14H2,1H3,(H,15,16). The van der Waals surface area contributed by atoms with Crippen LogP contribution in [0.2, 0.25) is 0 Å². The van der Waals surface area contributed by atoms with E-state index in [1.54, 1.807) is 0 Å². The Labute approximate surface area is 99.1 Å². The first-order valence-corrected chi connectivity index (χ1v) is 5.58. The Morgan fingerprint density at radius 2 is 2.12 bits per heavy atom. The highest BCUT2D eigenvalue weighted by atomic mass is 15.1. The normalized spacial score (nSPS) is 11.2. The molecule has 0 unspecified atom stereocenters. The van der Waals surface area contributed by atoms with Crippen molar-refractivity contribution in [2.24, 2.45) is 12.8 Å². The average molecular weight is 226 g/mol. The van der Waals surface area contributed by atoms with Crippen molar-refractivity contribution in [1.29, 1.82) is 0 Å². The molecule has 0 saturated heterocycles. The fraction of sp³-hybridized carbons (Fsp3) is 0.154. The van der Waals surface area contributed by atoms with Gasteiger partial charge in [-0.2, -0.15) is 5.10 Å². The number of aromatic nitrogens is 3. The second kappa shape index (κ2) is 3.75. The van der Waals surface area contributed by atoms with Crippen molar-refractivity contribution in [1.82, 2.24) is 14.8 Å². The van der Waals surface area contributed by atoms with Gasteiger partial charge in [0.2, 0.25) is 0 Å². The number of rotatable bonds is 2. The van der Waals surface area contributed by atoms with Gasteiger partial charge < -0.3 is 10.3 Å². The summed E-state index contributed by atoms with van der Waals surface area (Å²) in [6.45, 7) is 0.471. The van der Waals surface area contributed by atoms with E-state index in [2.05, 4.69) is 33.1 Å². The second-order valence-corrected chi connectivity index (χ2v) is 4.14. The third kappa shape index (κ3) is 1.45. The molecule has 0 fully saturated rings. The van der Waals surface area contributed by atoms with E-state index in [0.29, 0.717) is 6.54 Å². The van der Waals surface area contributed by atoms with Gasteiger partial charge in [-0.25, -0.2) is 0 Å². The maximum Gasteiger partial charge on any atom is 0.0570 e. The molecule has 0 amide bonds. The number of benzene rings is 1. The van der Waals surface area contributed by atoms with E-state index in [1.807, 2.05) is 25.4 Å². The van der Waals surface area contributed by atoms with E-state index in [0.717, 1.165) is 11.3 Å². The van der Waals surface area contributed by atoms with Crippen molar-refractivity contribution < 1.29 is 0 Å². The zero-order valence-electron chi connectivity index (χ0n) is 9.64. The summed E-state index contributed by atoms with van der Waals surface area (Å²) in [5, 5.41) is 8.24. The largest absolute Gasteiger partial charge is 0.350 e. The first-order chi connectivity index (χ1) is 8.31. The van der Waals surface area contributed by atoms with Gasteiger partial charge >= 0.3 is 0 Å². The van der Waals surface area contributed by atoms with E-state index >= 15 is 0 Å². The van der Waals surface area contributed by atoms with Gasteiger partial charge in [0.15, 0.2) is 0 Å². The van der Waals surface area contributed by atoms with Crippen LogP contribution < -0.4 is 5.73 Å². The van der Waals surface area contributed by atoms with Crippen LogP contribution in [0.15, 0.2) is 36.7 Å².